The van der Waals surface area contributed by atoms with Crippen LogP contribution in [0.5, 0.6) is 0 Å². The Hall–Kier alpha value is -0.780. The van der Waals surface area contributed by atoms with Gasteiger partial charge >= 0.3 is 0 Å². The number of amides is 1. The Morgan fingerprint density at radius 1 is 1.08 bits per heavy atom. The van der Waals surface area contributed by atoms with Crippen LogP contribution in [0.3, 0.4) is 0 Å². The van der Waals surface area contributed by atoms with E-state index in [2.05, 4.69) is 29.7 Å². The Bertz CT molecular complexity index is 680. The second-order valence-electron chi connectivity index (χ2n) is 7.54. The van der Waals surface area contributed by atoms with Crippen LogP contribution in [0.1, 0.15) is 53.0 Å². The van der Waals surface area contributed by atoms with Crippen molar-refractivity contribution in [3.63, 3.8) is 0 Å². The number of thiophene rings is 1. The van der Waals surface area contributed by atoms with Crippen LogP contribution in [-0.4, -0.2) is 47.9 Å². The largest absolute Gasteiger partial charge is 0.338 e. The van der Waals surface area contributed by atoms with Crippen molar-refractivity contribution < 1.29 is 4.79 Å². The van der Waals surface area contributed by atoms with Gasteiger partial charge in [-0.15, -0.1) is 23.1 Å². The van der Waals surface area contributed by atoms with Crippen molar-refractivity contribution in [1.82, 2.24) is 9.80 Å². The molecule has 25 heavy (non-hydrogen) atoms. The van der Waals surface area contributed by atoms with Crippen LogP contribution < -0.4 is 0 Å². The van der Waals surface area contributed by atoms with Crippen LogP contribution in [0.4, 0.5) is 0 Å². The number of nitrogens with zero attached hydrogens (tertiary/aromatic N) is 2. The molecule has 4 rings (SSSR count). The zero-order valence-electron chi connectivity index (χ0n) is 15.3. The summed E-state index contributed by atoms with van der Waals surface area (Å²) in [4.78, 5) is 21.4. The summed E-state index contributed by atoms with van der Waals surface area (Å²) in [5.74, 6) is 1.21. The lowest BCUT2D eigenvalue weighted by Crippen LogP contribution is -2.48. The van der Waals surface area contributed by atoms with Gasteiger partial charge in [0.1, 0.15) is 0 Å². The van der Waals surface area contributed by atoms with Crippen molar-refractivity contribution >= 4 is 35.1 Å². The number of aryl methyl sites for hydroxylation is 1. The fourth-order valence-corrected chi connectivity index (χ4v) is 6.73. The molecule has 1 aromatic rings. The maximum atomic E-state index is 13.0. The van der Waals surface area contributed by atoms with E-state index >= 15 is 0 Å². The molecule has 2 fully saturated rings. The van der Waals surface area contributed by atoms with Crippen molar-refractivity contribution in [2.75, 3.05) is 26.2 Å². The van der Waals surface area contributed by atoms with Gasteiger partial charge in [0.05, 0.1) is 4.91 Å². The molecule has 3 nitrogen and oxygen atoms in total. The summed E-state index contributed by atoms with van der Waals surface area (Å²) < 4.78 is 0. The highest BCUT2D eigenvalue weighted by atomic mass is 32.2. The molecular formula is C20H28N2OS2. The summed E-state index contributed by atoms with van der Waals surface area (Å²) in [6.07, 6.45) is 8.53. The lowest BCUT2D eigenvalue weighted by molar-refractivity contribution is -0.127. The van der Waals surface area contributed by atoms with Gasteiger partial charge in [0.2, 0.25) is 0 Å². The summed E-state index contributed by atoms with van der Waals surface area (Å²) in [5.41, 5.74) is 2.85. The Labute approximate surface area is 159 Å². The molecular weight excluding hydrogens is 348 g/mol. The van der Waals surface area contributed by atoms with Crippen molar-refractivity contribution in [1.29, 1.82) is 0 Å². The van der Waals surface area contributed by atoms with E-state index in [1.165, 1.54) is 53.2 Å². The first-order chi connectivity index (χ1) is 12.1. The van der Waals surface area contributed by atoms with Crippen molar-refractivity contribution in [3.8, 4) is 0 Å². The number of thioether (sulfide) groups is 1. The average Bonchev–Trinajstić information content (AvgIpc) is 2.95. The molecule has 3 aliphatic rings. The smallest absolute Gasteiger partial charge is 0.260 e. The van der Waals surface area contributed by atoms with E-state index < -0.39 is 0 Å². The van der Waals surface area contributed by atoms with Crippen LogP contribution in [0, 0.1) is 13.8 Å². The number of hydrogen-bond acceptors (Lipinski definition) is 4. The summed E-state index contributed by atoms with van der Waals surface area (Å²) in [7, 11) is 0. The summed E-state index contributed by atoms with van der Waals surface area (Å²) >= 11 is 3.57. The third-order valence-corrected chi connectivity index (χ3v) is 8.28. The Morgan fingerprint density at radius 2 is 1.80 bits per heavy atom. The first kappa shape index (κ1) is 17.6. The number of fused-ring (bicyclic) bond motifs is 1. The minimum atomic E-state index is 0.261. The van der Waals surface area contributed by atoms with Gasteiger partial charge in [-0.25, -0.2) is 0 Å². The molecule has 4 heterocycles. The van der Waals surface area contributed by atoms with Crippen molar-refractivity contribution in [2.45, 2.75) is 57.7 Å². The highest BCUT2D eigenvalue weighted by Crippen LogP contribution is 2.40. The van der Waals surface area contributed by atoms with E-state index in [-0.39, 0.29) is 5.91 Å². The lowest BCUT2D eigenvalue weighted by Gasteiger charge is -2.40. The predicted octanol–water partition coefficient (Wildman–Crippen LogP) is 4.43. The molecule has 0 bridgehead atoms. The maximum absolute atomic E-state index is 13.0. The summed E-state index contributed by atoms with van der Waals surface area (Å²) in [6, 6.07) is 0.700. The molecule has 1 amide bonds. The third kappa shape index (κ3) is 3.56. The van der Waals surface area contributed by atoms with Crippen molar-refractivity contribution in [2.24, 2.45) is 0 Å². The molecule has 1 aromatic heterocycles. The topological polar surface area (TPSA) is 23.6 Å². The predicted molar refractivity (Wildman–Crippen MR) is 108 cm³/mol. The second-order valence-corrected chi connectivity index (χ2v) is 9.82. The number of carbonyl (C=O) groups excluding carboxylic acids is 1. The Morgan fingerprint density at radius 3 is 2.52 bits per heavy atom. The first-order valence-corrected chi connectivity index (χ1v) is 11.4. The zero-order valence-corrected chi connectivity index (χ0v) is 17.0. The monoisotopic (exact) mass is 376 g/mol. The van der Waals surface area contributed by atoms with Gasteiger partial charge in [-0.1, -0.05) is 6.42 Å². The first-order valence-electron chi connectivity index (χ1n) is 9.60. The molecule has 0 radical (unpaired) electrons. The molecule has 0 spiro atoms. The SMILES string of the molecule is Cc1sc2c(c1C)CSC(C(=O)N1CCC(N3CCCCC3)CC1)=C2. The van der Waals surface area contributed by atoms with Crippen LogP contribution in [0.2, 0.25) is 0 Å². The van der Waals surface area contributed by atoms with Gasteiger partial charge in [-0.2, -0.15) is 0 Å². The fourth-order valence-electron chi connectivity index (χ4n) is 4.30. The number of rotatable bonds is 2. The van der Waals surface area contributed by atoms with Crippen LogP contribution in [-0.2, 0) is 10.5 Å². The zero-order chi connectivity index (χ0) is 17.4. The third-order valence-electron chi connectivity index (χ3n) is 6.04. The standard InChI is InChI=1S/C20H28N2OS2/c1-14-15(2)25-18-12-19(24-13-17(14)18)20(23)22-10-6-16(7-11-22)21-8-4-3-5-9-21/h12,16H,3-11,13H2,1-2H3. The molecule has 3 aliphatic heterocycles. The van der Waals surface area contributed by atoms with Gasteiger partial charge in [0.25, 0.3) is 5.91 Å². The van der Waals surface area contributed by atoms with E-state index in [4.69, 9.17) is 0 Å². The van der Waals surface area contributed by atoms with Crippen LogP contribution in [0.15, 0.2) is 4.91 Å². The van der Waals surface area contributed by atoms with Gasteiger partial charge < -0.3 is 9.80 Å². The number of piperidine rings is 2. The molecule has 0 N–H and O–H groups in total. The minimum Gasteiger partial charge on any atom is -0.338 e. The van der Waals surface area contributed by atoms with E-state index in [0.29, 0.717) is 6.04 Å². The van der Waals surface area contributed by atoms with Gasteiger partial charge in [-0.05, 0) is 69.8 Å². The van der Waals surface area contributed by atoms with Gasteiger partial charge in [0, 0.05) is 34.6 Å². The molecule has 5 heteroatoms. The molecule has 0 aromatic carbocycles. The highest BCUT2D eigenvalue weighted by molar-refractivity contribution is 8.03. The Balaban J connectivity index is 1.39. The van der Waals surface area contributed by atoms with Gasteiger partial charge in [-0.3, -0.25) is 4.79 Å². The summed E-state index contributed by atoms with van der Waals surface area (Å²) in [6.45, 7) is 8.76. The lowest BCUT2D eigenvalue weighted by atomic mass is 10.00. The molecule has 136 valence electrons. The number of carbonyl (C=O) groups is 1. The van der Waals surface area contributed by atoms with Crippen LogP contribution in [0.25, 0.3) is 6.08 Å². The van der Waals surface area contributed by atoms with Gasteiger partial charge in [0.15, 0.2) is 0 Å². The molecule has 0 aliphatic carbocycles. The number of hydrogen-bond donors (Lipinski definition) is 0. The summed E-state index contributed by atoms with van der Waals surface area (Å²) in [5, 5.41) is 0. The molecule has 0 unspecified atom stereocenters. The Kier molecular flexibility index (Phi) is 5.25. The maximum Gasteiger partial charge on any atom is 0.260 e. The quantitative estimate of drug-likeness (QED) is 0.763. The molecule has 0 saturated carbocycles. The highest BCUT2D eigenvalue weighted by Gasteiger charge is 2.30. The van der Waals surface area contributed by atoms with Crippen molar-refractivity contribution in [3.05, 3.63) is 25.8 Å². The van der Waals surface area contributed by atoms with E-state index in [1.807, 2.05) is 11.3 Å². The molecule has 2 saturated heterocycles. The number of likely N-dealkylation sites (tertiary alicyclic amines) is 2. The normalized spacial score (nSPS) is 22.6. The van der Waals surface area contributed by atoms with Crippen LogP contribution >= 0.6 is 23.1 Å². The minimum absolute atomic E-state index is 0.261. The van der Waals surface area contributed by atoms with E-state index in [9.17, 15) is 4.79 Å². The van der Waals surface area contributed by atoms with E-state index in [1.54, 1.807) is 11.8 Å². The van der Waals surface area contributed by atoms with E-state index in [0.717, 1.165) is 36.6 Å². The average molecular weight is 377 g/mol. The second kappa shape index (κ2) is 7.45. The fraction of sp³-hybridized carbons (Fsp3) is 0.650. The molecule has 0 atom stereocenters.